The molecule has 1 unspecified atom stereocenters. The Morgan fingerprint density at radius 1 is 1.58 bits per heavy atom. The highest BCUT2D eigenvalue weighted by molar-refractivity contribution is 8.01. The molecule has 0 aliphatic carbocycles. The molecule has 6 heteroatoms. The number of rotatable bonds is 4. The second kappa shape index (κ2) is 5.97. The van der Waals surface area contributed by atoms with Gasteiger partial charge < -0.3 is 15.4 Å². The van der Waals surface area contributed by atoms with Crippen molar-refractivity contribution in [3.05, 3.63) is 23.8 Å². The number of carbonyl (C=O) groups is 2. The molecule has 2 rings (SSSR count). The number of anilines is 1. The average Bonchev–Trinajstić information content (AvgIpc) is 2.77. The number of nitrogens with one attached hydrogen (secondary N) is 2. The first-order chi connectivity index (χ1) is 9.10. The van der Waals surface area contributed by atoms with Crippen LogP contribution in [-0.2, 0) is 9.59 Å². The van der Waals surface area contributed by atoms with E-state index in [0.717, 1.165) is 17.0 Å². The van der Waals surface area contributed by atoms with Crippen molar-refractivity contribution in [3.63, 3.8) is 0 Å². The van der Waals surface area contributed by atoms with Crippen LogP contribution in [0.4, 0.5) is 5.69 Å². The standard InChI is InChI=1S/C13H16N2O3S/c1-8-5-9(18-2)3-4-10(8)15-12(16)6-11-13(17)14-7-19-11/h3-5,11H,6-7H2,1-2H3,(H,14,17)(H,15,16). The molecule has 1 aliphatic heterocycles. The molecule has 2 N–H and O–H groups in total. The van der Waals surface area contributed by atoms with Crippen LogP contribution in [0.25, 0.3) is 0 Å². The lowest BCUT2D eigenvalue weighted by molar-refractivity contribution is -0.123. The van der Waals surface area contributed by atoms with E-state index in [1.54, 1.807) is 19.2 Å². The summed E-state index contributed by atoms with van der Waals surface area (Å²) in [7, 11) is 1.60. The zero-order chi connectivity index (χ0) is 13.8. The number of amides is 2. The highest BCUT2D eigenvalue weighted by Crippen LogP contribution is 2.23. The Kier molecular flexibility index (Phi) is 4.31. The summed E-state index contributed by atoms with van der Waals surface area (Å²) in [5.41, 5.74) is 1.67. The van der Waals surface area contributed by atoms with Crippen molar-refractivity contribution in [1.82, 2.24) is 5.32 Å². The second-order valence-electron chi connectivity index (χ2n) is 4.27. The lowest BCUT2D eigenvalue weighted by Gasteiger charge is -2.11. The molecule has 1 heterocycles. The van der Waals surface area contributed by atoms with Crippen molar-refractivity contribution in [1.29, 1.82) is 0 Å². The number of thioether (sulfide) groups is 1. The Morgan fingerprint density at radius 2 is 2.37 bits per heavy atom. The summed E-state index contributed by atoms with van der Waals surface area (Å²) in [6.07, 6.45) is 0.196. The third-order valence-electron chi connectivity index (χ3n) is 2.90. The Morgan fingerprint density at radius 3 is 2.95 bits per heavy atom. The van der Waals surface area contributed by atoms with E-state index in [2.05, 4.69) is 10.6 Å². The van der Waals surface area contributed by atoms with Gasteiger partial charge >= 0.3 is 0 Å². The van der Waals surface area contributed by atoms with Crippen LogP contribution >= 0.6 is 11.8 Å². The predicted molar refractivity (Wildman–Crippen MR) is 75.4 cm³/mol. The van der Waals surface area contributed by atoms with Crippen LogP contribution in [0, 0.1) is 6.92 Å². The number of benzene rings is 1. The maximum Gasteiger partial charge on any atom is 0.234 e. The molecule has 0 spiro atoms. The maximum absolute atomic E-state index is 11.9. The Labute approximate surface area is 116 Å². The first-order valence-electron chi connectivity index (χ1n) is 5.94. The molecular formula is C13H16N2O3S. The van der Waals surface area contributed by atoms with Gasteiger partial charge in [-0.05, 0) is 30.7 Å². The Balaban J connectivity index is 1.97. The van der Waals surface area contributed by atoms with Crippen molar-refractivity contribution in [3.8, 4) is 5.75 Å². The number of ether oxygens (including phenoxy) is 1. The quantitative estimate of drug-likeness (QED) is 0.877. The van der Waals surface area contributed by atoms with Gasteiger partial charge in [-0.3, -0.25) is 9.59 Å². The van der Waals surface area contributed by atoms with E-state index in [4.69, 9.17) is 4.74 Å². The fraction of sp³-hybridized carbons (Fsp3) is 0.385. The van der Waals surface area contributed by atoms with Crippen LogP contribution in [0.1, 0.15) is 12.0 Å². The summed E-state index contributed by atoms with van der Waals surface area (Å²) >= 11 is 1.46. The van der Waals surface area contributed by atoms with Gasteiger partial charge in [0.05, 0.1) is 18.2 Å². The molecular weight excluding hydrogens is 264 g/mol. The molecule has 1 atom stereocenters. The topological polar surface area (TPSA) is 67.4 Å². The minimum absolute atomic E-state index is 0.0633. The number of hydrogen-bond acceptors (Lipinski definition) is 4. The van der Waals surface area contributed by atoms with Gasteiger partial charge in [-0.15, -0.1) is 11.8 Å². The molecule has 2 amide bonds. The van der Waals surface area contributed by atoms with Crippen molar-refractivity contribution < 1.29 is 14.3 Å². The summed E-state index contributed by atoms with van der Waals surface area (Å²) in [6.45, 7) is 1.90. The van der Waals surface area contributed by atoms with Crippen LogP contribution in [0.15, 0.2) is 18.2 Å². The van der Waals surface area contributed by atoms with E-state index in [0.29, 0.717) is 5.88 Å². The fourth-order valence-electron chi connectivity index (χ4n) is 1.83. The van der Waals surface area contributed by atoms with E-state index in [9.17, 15) is 9.59 Å². The van der Waals surface area contributed by atoms with Crippen molar-refractivity contribution in [2.75, 3.05) is 18.3 Å². The van der Waals surface area contributed by atoms with Gasteiger partial charge in [-0.25, -0.2) is 0 Å². The van der Waals surface area contributed by atoms with Gasteiger partial charge in [-0.1, -0.05) is 0 Å². The van der Waals surface area contributed by atoms with Gasteiger partial charge in [0.2, 0.25) is 11.8 Å². The van der Waals surface area contributed by atoms with Crippen LogP contribution < -0.4 is 15.4 Å². The maximum atomic E-state index is 11.9. The molecule has 1 saturated heterocycles. The zero-order valence-electron chi connectivity index (χ0n) is 10.9. The van der Waals surface area contributed by atoms with Gasteiger partial charge in [0, 0.05) is 12.1 Å². The molecule has 1 fully saturated rings. The summed E-state index contributed by atoms with van der Waals surface area (Å²) in [4.78, 5) is 23.3. The lowest BCUT2D eigenvalue weighted by atomic mass is 10.2. The largest absolute Gasteiger partial charge is 0.497 e. The van der Waals surface area contributed by atoms with Gasteiger partial charge in [-0.2, -0.15) is 0 Å². The highest BCUT2D eigenvalue weighted by Gasteiger charge is 2.27. The van der Waals surface area contributed by atoms with E-state index < -0.39 is 0 Å². The molecule has 1 aliphatic rings. The van der Waals surface area contributed by atoms with Crippen LogP contribution in [0.3, 0.4) is 0 Å². The van der Waals surface area contributed by atoms with Gasteiger partial charge in [0.15, 0.2) is 0 Å². The smallest absolute Gasteiger partial charge is 0.234 e. The minimum Gasteiger partial charge on any atom is -0.497 e. The number of carbonyl (C=O) groups excluding carboxylic acids is 2. The molecule has 0 radical (unpaired) electrons. The third kappa shape index (κ3) is 3.41. The molecule has 19 heavy (non-hydrogen) atoms. The molecule has 102 valence electrons. The van der Waals surface area contributed by atoms with Crippen LogP contribution in [-0.4, -0.2) is 30.1 Å². The first-order valence-corrected chi connectivity index (χ1v) is 6.99. The number of hydrogen-bond donors (Lipinski definition) is 2. The number of aryl methyl sites for hydroxylation is 1. The van der Waals surface area contributed by atoms with Crippen molar-refractivity contribution in [2.24, 2.45) is 0 Å². The first kappa shape index (κ1) is 13.7. The van der Waals surface area contributed by atoms with E-state index in [-0.39, 0.29) is 23.5 Å². The SMILES string of the molecule is COc1ccc(NC(=O)CC2SCNC2=O)c(C)c1. The zero-order valence-corrected chi connectivity index (χ0v) is 11.7. The molecule has 0 bridgehead atoms. The van der Waals surface area contributed by atoms with Gasteiger partial charge in [0.25, 0.3) is 0 Å². The van der Waals surface area contributed by atoms with E-state index in [1.807, 2.05) is 13.0 Å². The van der Waals surface area contributed by atoms with Crippen molar-refractivity contribution in [2.45, 2.75) is 18.6 Å². The highest BCUT2D eigenvalue weighted by atomic mass is 32.2. The lowest BCUT2D eigenvalue weighted by Crippen LogP contribution is -2.27. The van der Waals surface area contributed by atoms with Crippen LogP contribution in [0.2, 0.25) is 0 Å². The summed E-state index contributed by atoms with van der Waals surface area (Å²) in [6, 6.07) is 5.44. The fourth-order valence-corrected chi connectivity index (χ4v) is 2.76. The molecule has 5 nitrogen and oxygen atoms in total. The molecule has 1 aromatic carbocycles. The monoisotopic (exact) mass is 280 g/mol. The molecule has 0 saturated carbocycles. The molecule has 1 aromatic rings. The Hall–Kier alpha value is -1.69. The van der Waals surface area contributed by atoms with E-state index in [1.165, 1.54) is 11.8 Å². The third-order valence-corrected chi connectivity index (χ3v) is 4.00. The van der Waals surface area contributed by atoms with E-state index >= 15 is 0 Å². The normalized spacial score (nSPS) is 18.0. The molecule has 0 aromatic heterocycles. The summed E-state index contributed by atoms with van der Waals surface area (Å²) in [5.74, 6) is 1.12. The summed E-state index contributed by atoms with van der Waals surface area (Å²) < 4.78 is 5.11. The van der Waals surface area contributed by atoms with Crippen molar-refractivity contribution >= 4 is 29.3 Å². The Bertz CT molecular complexity index is 505. The number of methoxy groups -OCH3 is 1. The van der Waals surface area contributed by atoms with Gasteiger partial charge in [0.1, 0.15) is 5.75 Å². The predicted octanol–water partition coefficient (Wildman–Crippen LogP) is 1.52. The average molecular weight is 280 g/mol. The summed E-state index contributed by atoms with van der Waals surface area (Å²) in [5, 5.41) is 5.23. The van der Waals surface area contributed by atoms with Crippen LogP contribution in [0.5, 0.6) is 5.75 Å². The second-order valence-corrected chi connectivity index (χ2v) is 5.46. The minimum atomic E-state index is -0.279.